The minimum absolute atomic E-state index is 0.188. The van der Waals surface area contributed by atoms with Crippen molar-refractivity contribution in [3.05, 3.63) is 47.3 Å². The molecule has 2 aromatic carbocycles. The van der Waals surface area contributed by atoms with Crippen LogP contribution in [0.1, 0.15) is 11.1 Å². The number of benzene rings is 2. The molecule has 3 nitrogen and oxygen atoms in total. The van der Waals surface area contributed by atoms with E-state index in [0.29, 0.717) is 12.4 Å². The molecule has 0 bridgehead atoms. The van der Waals surface area contributed by atoms with Gasteiger partial charge in [-0.2, -0.15) is 0 Å². The highest BCUT2D eigenvalue weighted by atomic mass is 19.1. The van der Waals surface area contributed by atoms with Gasteiger partial charge in [0.15, 0.2) is 0 Å². The largest absolute Gasteiger partial charge is 0.508 e. The number of phenols is 1. The number of fused-ring (bicyclic) bond motifs is 2. The predicted molar refractivity (Wildman–Crippen MR) is 66.9 cm³/mol. The number of ether oxygens (including phenoxy) is 1. The van der Waals surface area contributed by atoms with Crippen LogP contribution in [0.25, 0.3) is 0 Å². The molecule has 0 amide bonds. The molecule has 1 heterocycles. The highest BCUT2D eigenvalue weighted by Gasteiger charge is 2.16. The number of aromatic hydroxyl groups is 1. The van der Waals surface area contributed by atoms with Gasteiger partial charge in [0.2, 0.25) is 0 Å². The van der Waals surface area contributed by atoms with E-state index in [-0.39, 0.29) is 11.6 Å². The van der Waals surface area contributed by atoms with E-state index in [1.807, 2.05) is 6.92 Å². The Morgan fingerprint density at radius 3 is 2.94 bits per heavy atom. The number of hydrogen-bond donors (Lipinski definition) is 2. The summed E-state index contributed by atoms with van der Waals surface area (Å²) in [6.45, 7) is 2.12. The minimum atomic E-state index is -0.318. The molecule has 0 fully saturated rings. The van der Waals surface area contributed by atoms with E-state index in [1.165, 1.54) is 12.1 Å². The molecular weight excluding hydrogens is 233 g/mol. The number of aryl methyl sites for hydroxylation is 1. The summed E-state index contributed by atoms with van der Waals surface area (Å²) in [6.07, 6.45) is 0. The summed E-state index contributed by atoms with van der Waals surface area (Å²) in [6, 6.07) is 7.85. The summed E-state index contributed by atoms with van der Waals surface area (Å²) >= 11 is 0. The van der Waals surface area contributed by atoms with E-state index < -0.39 is 0 Å². The molecule has 0 radical (unpaired) electrons. The number of phenolic OH excluding ortho intramolecular Hbond substituents is 1. The highest BCUT2D eigenvalue weighted by molar-refractivity contribution is 5.73. The van der Waals surface area contributed by atoms with E-state index in [2.05, 4.69) is 5.32 Å². The van der Waals surface area contributed by atoms with Crippen LogP contribution in [0.15, 0.2) is 30.3 Å². The van der Waals surface area contributed by atoms with Gasteiger partial charge in [0, 0.05) is 17.3 Å². The van der Waals surface area contributed by atoms with Crippen LogP contribution in [-0.2, 0) is 6.61 Å². The van der Waals surface area contributed by atoms with Gasteiger partial charge in [-0.15, -0.1) is 0 Å². The average Bonchev–Trinajstić information content (AvgIpc) is 2.49. The molecule has 0 atom stereocenters. The van der Waals surface area contributed by atoms with Crippen LogP contribution in [0.5, 0.6) is 11.5 Å². The first-order valence-corrected chi connectivity index (χ1v) is 5.65. The smallest absolute Gasteiger partial charge is 0.146 e. The second-order valence-electron chi connectivity index (χ2n) is 4.35. The Morgan fingerprint density at radius 1 is 1.28 bits per heavy atom. The second-order valence-corrected chi connectivity index (χ2v) is 4.35. The topological polar surface area (TPSA) is 41.5 Å². The molecule has 0 aliphatic carbocycles. The molecule has 0 aromatic heterocycles. The second kappa shape index (κ2) is 3.91. The zero-order valence-corrected chi connectivity index (χ0v) is 9.83. The number of hydrogen-bond acceptors (Lipinski definition) is 3. The Kier molecular flexibility index (Phi) is 2.37. The SMILES string of the molecule is Cc1cc(F)cc2c1Nc1ccc(O)cc1CO2. The van der Waals surface area contributed by atoms with Crippen molar-refractivity contribution in [1.82, 2.24) is 0 Å². The Bertz CT molecular complexity index is 625. The summed E-state index contributed by atoms with van der Waals surface area (Å²) in [5.74, 6) is 0.359. The highest BCUT2D eigenvalue weighted by Crippen LogP contribution is 2.37. The number of halogens is 1. The van der Waals surface area contributed by atoms with Crippen LogP contribution in [0.4, 0.5) is 15.8 Å². The minimum Gasteiger partial charge on any atom is -0.508 e. The van der Waals surface area contributed by atoms with Gasteiger partial charge >= 0.3 is 0 Å². The molecule has 2 aromatic rings. The van der Waals surface area contributed by atoms with E-state index in [9.17, 15) is 9.50 Å². The molecule has 1 aliphatic rings. The molecule has 4 heteroatoms. The standard InChI is InChI=1S/C14H12FNO2/c1-8-4-10(15)6-13-14(8)16-12-3-2-11(17)5-9(12)7-18-13/h2-6,16-17H,7H2,1H3. The summed E-state index contributed by atoms with van der Waals surface area (Å²) in [7, 11) is 0. The van der Waals surface area contributed by atoms with Crippen LogP contribution in [0.2, 0.25) is 0 Å². The van der Waals surface area contributed by atoms with Crippen molar-refractivity contribution in [1.29, 1.82) is 0 Å². The van der Waals surface area contributed by atoms with Gasteiger partial charge in [0.1, 0.15) is 23.9 Å². The third-order valence-electron chi connectivity index (χ3n) is 3.00. The van der Waals surface area contributed by atoms with E-state index in [4.69, 9.17) is 4.74 Å². The first-order valence-electron chi connectivity index (χ1n) is 5.65. The van der Waals surface area contributed by atoms with Gasteiger partial charge in [-0.25, -0.2) is 4.39 Å². The molecule has 3 rings (SSSR count). The molecule has 0 saturated carbocycles. The first kappa shape index (κ1) is 10.9. The number of nitrogens with one attached hydrogen (secondary N) is 1. The quantitative estimate of drug-likeness (QED) is 0.698. The van der Waals surface area contributed by atoms with Crippen molar-refractivity contribution < 1.29 is 14.2 Å². The fraction of sp³-hybridized carbons (Fsp3) is 0.143. The maximum Gasteiger partial charge on any atom is 0.146 e. The van der Waals surface area contributed by atoms with E-state index in [1.54, 1.807) is 18.2 Å². The Balaban J connectivity index is 2.12. The molecule has 2 N–H and O–H groups in total. The first-order chi connectivity index (χ1) is 8.63. The molecular formula is C14H12FNO2. The third kappa shape index (κ3) is 1.76. The zero-order valence-electron chi connectivity index (χ0n) is 9.83. The van der Waals surface area contributed by atoms with Crippen molar-refractivity contribution in [3.8, 4) is 11.5 Å². The Hall–Kier alpha value is -2.23. The summed E-state index contributed by atoms with van der Waals surface area (Å²) < 4.78 is 18.9. The zero-order chi connectivity index (χ0) is 12.7. The van der Waals surface area contributed by atoms with Crippen molar-refractivity contribution in [2.24, 2.45) is 0 Å². The number of anilines is 2. The molecule has 0 spiro atoms. The maximum absolute atomic E-state index is 13.3. The Morgan fingerprint density at radius 2 is 2.11 bits per heavy atom. The van der Waals surface area contributed by atoms with Gasteiger partial charge in [-0.05, 0) is 36.8 Å². The van der Waals surface area contributed by atoms with Gasteiger partial charge in [-0.3, -0.25) is 0 Å². The summed E-state index contributed by atoms with van der Waals surface area (Å²) in [5, 5.41) is 12.7. The lowest BCUT2D eigenvalue weighted by atomic mass is 10.1. The Labute approximate surface area is 104 Å². The van der Waals surface area contributed by atoms with Crippen molar-refractivity contribution >= 4 is 11.4 Å². The lowest BCUT2D eigenvalue weighted by molar-refractivity contribution is 0.308. The van der Waals surface area contributed by atoms with Crippen LogP contribution in [-0.4, -0.2) is 5.11 Å². The average molecular weight is 245 g/mol. The summed E-state index contributed by atoms with van der Waals surface area (Å²) in [5.41, 5.74) is 3.25. The van der Waals surface area contributed by atoms with Gasteiger partial charge in [0.05, 0.1) is 5.69 Å². The molecule has 0 saturated heterocycles. The summed E-state index contributed by atoms with van der Waals surface area (Å²) in [4.78, 5) is 0. The predicted octanol–water partition coefficient (Wildman–Crippen LogP) is 3.48. The van der Waals surface area contributed by atoms with Crippen LogP contribution in [0, 0.1) is 12.7 Å². The lowest BCUT2D eigenvalue weighted by Crippen LogP contribution is -1.95. The maximum atomic E-state index is 13.3. The van der Waals surface area contributed by atoms with Crippen molar-refractivity contribution in [2.75, 3.05) is 5.32 Å². The van der Waals surface area contributed by atoms with Gasteiger partial charge < -0.3 is 15.2 Å². The van der Waals surface area contributed by atoms with Crippen LogP contribution >= 0.6 is 0 Å². The van der Waals surface area contributed by atoms with Gasteiger partial charge in [-0.1, -0.05) is 0 Å². The van der Waals surface area contributed by atoms with Crippen molar-refractivity contribution in [3.63, 3.8) is 0 Å². The molecule has 1 aliphatic heterocycles. The van der Waals surface area contributed by atoms with Crippen LogP contribution in [0.3, 0.4) is 0 Å². The molecule has 0 unspecified atom stereocenters. The number of rotatable bonds is 0. The molecule has 18 heavy (non-hydrogen) atoms. The fourth-order valence-corrected chi connectivity index (χ4v) is 2.10. The van der Waals surface area contributed by atoms with Crippen molar-refractivity contribution in [2.45, 2.75) is 13.5 Å². The lowest BCUT2D eigenvalue weighted by Gasteiger charge is -2.11. The van der Waals surface area contributed by atoms with E-state index >= 15 is 0 Å². The third-order valence-corrected chi connectivity index (χ3v) is 3.00. The monoisotopic (exact) mass is 245 g/mol. The van der Waals surface area contributed by atoms with E-state index in [0.717, 1.165) is 22.5 Å². The normalized spacial score (nSPS) is 12.8. The molecule has 92 valence electrons. The van der Waals surface area contributed by atoms with Gasteiger partial charge in [0.25, 0.3) is 0 Å². The fourth-order valence-electron chi connectivity index (χ4n) is 2.10. The van der Waals surface area contributed by atoms with Crippen LogP contribution < -0.4 is 10.1 Å².